The highest BCUT2D eigenvalue weighted by Gasteiger charge is 2.24. The number of amides is 1. The van der Waals surface area contributed by atoms with Crippen LogP contribution >= 0.6 is 23.6 Å². The van der Waals surface area contributed by atoms with Crippen LogP contribution in [0.3, 0.4) is 0 Å². The zero-order valence-corrected chi connectivity index (χ0v) is 18.8. The molecule has 8 nitrogen and oxygen atoms in total. The lowest BCUT2D eigenvalue weighted by molar-refractivity contribution is 0.0931. The first-order chi connectivity index (χ1) is 14.5. The number of carbonyl (C=O) groups excluding carboxylic acids is 1. The number of ether oxygens (including phenoxy) is 1. The predicted octanol–water partition coefficient (Wildman–Crippen LogP) is 2.97. The Balaban J connectivity index is 1.88. The molecule has 2 N–H and O–H groups in total. The number of nitrogens with zero attached hydrogens (tertiary/aromatic N) is 3. The van der Waals surface area contributed by atoms with Gasteiger partial charge in [0.15, 0.2) is 10.5 Å². The molecule has 1 aliphatic rings. The van der Waals surface area contributed by atoms with Crippen molar-refractivity contribution in [1.82, 2.24) is 24.6 Å². The molecule has 3 aromatic heterocycles. The number of aryl methyl sites for hydroxylation is 3. The van der Waals surface area contributed by atoms with E-state index in [2.05, 4.69) is 15.4 Å². The average molecular weight is 448 g/mol. The summed E-state index contributed by atoms with van der Waals surface area (Å²) in [5.41, 5.74) is 1.52. The largest absolute Gasteiger partial charge is 0.383 e. The van der Waals surface area contributed by atoms with E-state index in [0.717, 1.165) is 36.1 Å². The molecule has 4 rings (SSSR count). The van der Waals surface area contributed by atoms with Crippen molar-refractivity contribution in [3.05, 3.63) is 37.5 Å². The van der Waals surface area contributed by atoms with Gasteiger partial charge >= 0.3 is 0 Å². The molecule has 10 heteroatoms. The minimum absolute atomic E-state index is 0.176. The number of rotatable bonds is 6. The minimum atomic E-state index is -0.361. The number of fused-ring (bicyclic) bond motifs is 3. The summed E-state index contributed by atoms with van der Waals surface area (Å²) in [7, 11) is 1.57. The smallest absolute Gasteiger partial charge is 0.274 e. The molecule has 160 valence electrons. The highest BCUT2D eigenvalue weighted by Crippen LogP contribution is 2.33. The summed E-state index contributed by atoms with van der Waals surface area (Å²) in [4.78, 5) is 31.7. The van der Waals surface area contributed by atoms with Crippen LogP contribution in [0.15, 0.2) is 11.0 Å². The minimum Gasteiger partial charge on any atom is -0.383 e. The van der Waals surface area contributed by atoms with Crippen molar-refractivity contribution >= 4 is 39.7 Å². The Morgan fingerprint density at radius 1 is 1.37 bits per heavy atom. The lowest BCUT2D eigenvalue weighted by Gasteiger charge is -2.08. The Bertz CT molecular complexity index is 1200. The van der Waals surface area contributed by atoms with E-state index in [9.17, 15) is 9.59 Å². The number of methoxy groups -OCH3 is 1. The van der Waals surface area contributed by atoms with Gasteiger partial charge in [0.05, 0.1) is 18.2 Å². The van der Waals surface area contributed by atoms with Gasteiger partial charge in [0, 0.05) is 25.1 Å². The van der Waals surface area contributed by atoms with Gasteiger partial charge in [0.25, 0.3) is 11.5 Å². The lowest BCUT2D eigenvalue weighted by atomic mass is 10.1. The summed E-state index contributed by atoms with van der Waals surface area (Å²) >= 11 is 7.17. The number of carbonyl (C=O) groups is 1. The number of nitrogens with one attached hydrogen (secondary N) is 2. The molecule has 1 aliphatic carbocycles. The first-order valence-electron chi connectivity index (χ1n) is 10.2. The van der Waals surface area contributed by atoms with Crippen LogP contribution in [0.25, 0.3) is 15.9 Å². The summed E-state index contributed by atoms with van der Waals surface area (Å²) in [5, 5.41) is 7.86. The van der Waals surface area contributed by atoms with Crippen LogP contribution in [0.4, 0.5) is 0 Å². The van der Waals surface area contributed by atoms with Gasteiger partial charge in [-0.25, -0.2) is 4.57 Å². The van der Waals surface area contributed by atoms with Crippen LogP contribution in [-0.2, 0) is 24.1 Å². The SMILES string of the molecule is CCn1cc(-n2c(=S)[nH]c3sc4c(c3c2=O)CCCCC4)c(C(=O)NCCOC)n1. The fourth-order valence-electron chi connectivity index (χ4n) is 3.88. The van der Waals surface area contributed by atoms with E-state index in [1.54, 1.807) is 29.3 Å². The van der Waals surface area contributed by atoms with Crippen molar-refractivity contribution in [3.63, 3.8) is 0 Å². The summed E-state index contributed by atoms with van der Waals surface area (Å²) < 4.78 is 8.32. The summed E-state index contributed by atoms with van der Waals surface area (Å²) in [5.74, 6) is -0.361. The van der Waals surface area contributed by atoms with Gasteiger partial charge in [0.2, 0.25) is 0 Å². The fraction of sp³-hybridized carbons (Fsp3) is 0.500. The Kier molecular flexibility index (Phi) is 6.16. The highest BCUT2D eigenvalue weighted by atomic mass is 32.1. The maximum absolute atomic E-state index is 13.6. The Morgan fingerprint density at radius 2 is 2.17 bits per heavy atom. The number of H-pyrrole nitrogens is 1. The van der Waals surface area contributed by atoms with Crippen molar-refractivity contribution in [2.24, 2.45) is 0 Å². The summed E-state index contributed by atoms with van der Waals surface area (Å²) in [6, 6.07) is 0. The molecule has 0 aliphatic heterocycles. The Hall–Kier alpha value is -2.30. The molecular formula is C20H25N5O3S2. The van der Waals surface area contributed by atoms with E-state index in [1.807, 2.05) is 6.92 Å². The average Bonchev–Trinajstić information content (AvgIpc) is 3.22. The van der Waals surface area contributed by atoms with Gasteiger partial charge in [-0.3, -0.25) is 14.3 Å². The summed E-state index contributed by atoms with van der Waals surface area (Å²) in [6.45, 7) is 3.24. The molecule has 1 amide bonds. The van der Waals surface area contributed by atoms with E-state index in [1.165, 1.54) is 15.9 Å². The first kappa shape index (κ1) is 21.0. The molecule has 0 fully saturated rings. The maximum Gasteiger partial charge on any atom is 0.274 e. The summed E-state index contributed by atoms with van der Waals surface area (Å²) in [6.07, 6.45) is 6.99. The fourth-order valence-corrected chi connectivity index (χ4v) is 5.51. The van der Waals surface area contributed by atoms with Crippen molar-refractivity contribution in [1.29, 1.82) is 0 Å². The van der Waals surface area contributed by atoms with Gasteiger partial charge < -0.3 is 15.0 Å². The number of hydrogen-bond donors (Lipinski definition) is 2. The van der Waals surface area contributed by atoms with E-state index in [0.29, 0.717) is 30.8 Å². The molecule has 30 heavy (non-hydrogen) atoms. The molecule has 0 spiro atoms. The molecule has 0 unspecified atom stereocenters. The molecule has 0 aromatic carbocycles. The second-order valence-corrected chi connectivity index (χ2v) is 8.80. The van der Waals surface area contributed by atoms with E-state index in [4.69, 9.17) is 17.0 Å². The third-order valence-corrected chi connectivity index (χ3v) is 6.87. The normalized spacial score (nSPS) is 13.9. The van der Waals surface area contributed by atoms with Crippen LogP contribution < -0.4 is 10.9 Å². The maximum atomic E-state index is 13.6. The Labute approximate surface area is 182 Å². The molecule has 0 radical (unpaired) electrons. The quantitative estimate of drug-likeness (QED) is 0.344. The third-order valence-electron chi connectivity index (χ3n) is 5.38. The first-order valence-corrected chi connectivity index (χ1v) is 11.4. The van der Waals surface area contributed by atoms with Crippen molar-refractivity contribution < 1.29 is 9.53 Å². The number of aromatic nitrogens is 4. The van der Waals surface area contributed by atoms with Gasteiger partial charge in [-0.1, -0.05) is 6.42 Å². The highest BCUT2D eigenvalue weighted by molar-refractivity contribution is 7.71. The Morgan fingerprint density at radius 3 is 2.93 bits per heavy atom. The number of aromatic amines is 1. The number of hydrogen-bond acceptors (Lipinski definition) is 6. The molecular weight excluding hydrogens is 422 g/mol. The number of thiophene rings is 1. The van der Waals surface area contributed by atoms with E-state index >= 15 is 0 Å². The van der Waals surface area contributed by atoms with Gasteiger partial charge in [-0.05, 0) is 50.4 Å². The van der Waals surface area contributed by atoms with Crippen molar-refractivity contribution in [3.8, 4) is 5.69 Å². The zero-order valence-electron chi connectivity index (χ0n) is 17.1. The second-order valence-electron chi connectivity index (χ2n) is 7.31. The third kappa shape index (κ3) is 3.75. The van der Waals surface area contributed by atoms with Crippen LogP contribution in [-0.4, -0.2) is 45.5 Å². The monoisotopic (exact) mass is 447 g/mol. The van der Waals surface area contributed by atoms with Crippen LogP contribution in [0, 0.1) is 4.77 Å². The standard InChI is InChI=1S/C20H25N5O3S2/c1-3-24-11-13(16(23-24)17(26)21-9-10-28-2)25-19(27)15-12-7-5-4-6-8-14(12)30-18(15)22-20(25)29/h11H,3-10H2,1-2H3,(H,21,26)(H,22,29). The predicted molar refractivity (Wildman–Crippen MR) is 120 cm³/mol. The van der Waals surface area contributed by atoms with Crippen LogP contribution in [0.1, 0.15) is 47.1 Å². The lowest BCUT2D eigenvalue weighted by Crippen LogP contribution is -2.30. The van der Waals surface area contributed by atoms with Crippen molar-refractivity contribution in [2.75, 3.05) is 20.3 Å². The second kappa shape index (κ2) is 8.83. The van der Waals surface area contributed by atoms with Gasteiger partial charge in [0.1, 0.15) is 10.5 Å². The molecule has 0 saturated carbocycles. The van der Waals surface area contributed by atoms with Gasteiger partial charge in [-0.2, -0.15) is 5.10 Å². The van der Waals surface area contributed by atoms with Crippen molar-refractivity contribution in [2.45, 2.75) is 45.6 Å². The topological polar surface area (TPSA) is 93.9 Å². The molecule has 0 atom stereocenters. The van der Waals surface area contributed by atoms with Crippen LogP contribution in [0.2, 0.25) is 0 Å². The molecule has 0 bridgehead atoms. The molecule has 3 aromatic rings. The van der Waals surface area contributed by atoms with E-state index in [-0.39, 0.29) is 21.9 Å². The van der Waals surface area contributed by atoms with E-state index < -0.39 is 0 Å². The van der Waals surface area contributed by atoms with Gasteiger partial charge in [-0.15, -0.1) is 11.3 Å². The zero-order chi connectivity index (χ0) is 21.3. The molecule has 3 heterocycles. The molecule has 0 saturated heterocycles. The van der Waals surface area contributed by atoms with Crippen LogP contribution in [0.5, 0.6) is 0 Å².